The molecule has 0 saturated heterocycles. The third kappa shape index (κ3) is 14.2. The summed E-state index contributed by atoms with van der Waals surface area (Å²) in [6.07, 6.45) is 1.81. The molecule has 0 aliphatic heterocycles. The van der Waals surface area contributed by atoms with Crippen molar-refractivity contribution >= 4 is 58.2 Å². The second-order valence-electron chi connectivity index (χ2n) is 6.92. The lowest BCUT2D eigenvalue weighted by Gasteiger charge is -2.07. The van der Waals surface area contributed by atoms with Crippen LogP contribution < -0.4 is 21.3 Å². The molecule has 0 spiro atoms. The van der Waals surface area contributed by atoms with Crippen molar-refractivity contribution in [1.29, 1.82) is 0 Å². The topological polar surface area (TPSA) is 99.7 Å². The van der Waals surface area contributed by atoms with E-state index in [9.17, 15) is 0 Å². The minimum absolute atomic E-state index is 0.696. The largest absolute Gasteiger partial charge is 0.366 e. The quantitative estimate of drug-likeness (QED) is 0.270. The zero-order valence-electron chi connectivity index (χ0n) is 19.9. The molecule has 0 aliphatic carbocycles. The number of hydrogen-bond acceptors (Lipinski definition) is 8. The van der Waals surface area contributed by atoms with Crippen LogP contribution in [0.25, 0.3) is 0 Å². The highest BCUT2D eigenvalue weighted by molar-refractivity contribution is 7.98. The Bertz CT molecular complexity index is 866. The van der Waals surface area contributed by atoms with Gasteiger partial charge in [0, 0.05) is 50.2 Å². The van der Waals surface area contributed by atoms with Gasteiger partial charge in [-0.3, -0.25) is 0 Å². The van der Waals surface area contributed by atoms with E-state index in [-0.39, 0.29) is 0 Å². The molecule has 12 heteroatoms. The first-order chi connectivity index (χ1) is 15.8. The molecular weight excluding hydrogens is 493 g/mol. The third-order valence-electron chi connectivity index (χ3n) is 4.08. The highest BCUT2D eigenvalue weighted by atomic mass is 32.2. The van der Waals surface area contributed by atoms with Crippen LogP contribution in [-0.4, -0.2) is 69.3 Å². The Morgan fingerprint density at radius 3 is 1.97 bits per heavy atom. The Labute approximate surface area is 216 Å². The summed E-state index contributed by atoms with van der Waals surface area (Å²) in [6.45, 7) is 7.67. The molecule has 4 N–H and O–H groups in total. The van der Waals surface area contributed by atoms with E-state index >= 15 is 0 Å². The standard InChI is InChI=1S/C11H18N4S2.C10H16N4S2/c1-8-6-10(9(2)15-14-8)7-17-5-4-13-11(16)12-3;1-8-5-9(6-13-14-8)7-16-4-3-12-10(15)11-2/h6H,4-5,7H2,1-3H3,(H2,12,13,16);5-6H,3-4,7H2,1-2H3,(H2,11,12,15). The zero-order chi connectivity index (χ0) is 24.5. The lowest BCUT2D eigenvalue weighted by molar-refractivity contribution is 0.919. The van der Waals surface area contributed by atoms with Crippen molar-refractivity contribution in [3.63, 3.8) is 0 Å². The average Bonchev–Trinajstić information content (AvgIpc) is 2.81. The van der Waals surface area contributed by atoms with Crippen LogP contribution in [0.4, 0.5) is 0 Å². The fraction of sp³-hybridized carbons (Fsp3) is 0.524. The van der Waals surface area contributed by atoms with Gasteiger partial charge in [0.2, 0.25) is 0 Å². The van der Waals surface area contributed by atoms with E-state index in [4.69, 9.17) is 24.4 Å². The lowest BCUT2D eigenvalue weighted by atomic mass is 10.2. The van der Waals surface area contributed by atoms with Crippen LogP contribution in [0.5, 0.6) is 0 Å². The second kappa shape index (κ2) is 17.7. The summed E-state index contributed by atoms with van der Waals surface area (Å²) in [5.74, 6) is 3.96. The first kappa shape index (κ1) is 29.3. The van der Waals surface area contributed by atoms with Crippen molar-refractivity contribution < 1.29 is 0 Å². The molecule has 2 aromatic heterocycles. The van der Waals surface area contributed by atoms with Gasteiger partial charge in [0.1, 0.15) is 0 Å². The first-order valence-corrected chi connectivity index (χ1v) is 13.6. The third-order valence-corrected chi connectivity index (χ3v) is 6.82. The van der Waals surface area contributed by atoms with E-state index < -0.39 is 0 Å². The second-order valence-corrected chi connectivity index (χ2v) is 9.95. The highest BCUT2D eigenvalue weighted by Gasteiger charge is 2.01. The summed E-state index contributed by atoms with van der Waals surface area (Å²) in [4.78, 5) is 0. The maximum Gasteiger partial charge on any atom is 0.166 e. The highest BCUT2D eigenvalue weighted by Crippen LogP contribution is 2.14. The van der Waals surface area contributed by atoms with Crippen LogP contribution in [0.3, 0.4) is 0 Å². The maximum atomic E-state index is 4.99. The van der Waals surface area contributed by atoms with Gasteiger partial charge in [-0.15, -0.1) is 0 Å². The number of aryl methyl sites for hydroxylation is 3. The van der Waals surface area contributed by atoms with Crippen molar-refractivity contribution in [1.82, 2.24) is 41.7 Å². The van der Waals surface area contributed by atoms with E-state index in [0.717, 1.165) is 53.2 Å². The van der Waals surface area contributed by atoms with Crippen LogP contribution in [0.15, 0.2) is 18.3 Å². The number of thiocarbonyl (C=S) groups is 2. The molecule has 0 aliphatic rings. The van der Waals surface area contributed by atoms with Crippen LogP contribution in [0, 0.1) is 20.8 Å². The SMILES string of the molecule is CNC(=S)NCCSCc1cc(C)nnc1C.CNC(=S)NCCSCc1cnnc(C)c1. The Hall–Kier alpha value is -1.76. The van der Waals surface area contributed by atoms with Gasteiger partial charge >= 0.3 is 0 Å². The molecule has 0 bridgehead atoms. The van der Waals surface area contributed by atoms with Crippen LogP contribution in [-0.2, 0) is 11.5 Å². The summed E-state index contributed by atoms with van der Waals surface area (Å²) < 4.78 is 0. The van der Waals surface area contributed by atoms with Gasteiger partial charge in [0.05, 0.1) is 23.3 Å². The Morgan fingerprint density at radius 1 is 0.818 bits per heavy atom. The fourth-order valence-electron chi connectivity index (χ4n) is 2.38. The number of nitrogens with one attached hydrogen (secondary N) is 4. The molecule has 0 aromatic carbocycles. The minimum Gasteiger partial charge on any atom is -0.366 e. The summed E-state index contributed by atoms with van der Waals surface area (Å²) in [5.41, 5.74) is 5.43. The zero-order valence-corrected chi connectivity index (χ0v) is 23.2. The monoisotopic (exact) mass is 526 g/mol. The molecular formula is C21H34N8S4. The molecule has 0 atom stereocenters. The summed E-state index contributed by atoms with van der Waals surface area (Å²) >= 11 is 13.7. The molecule has 0 fully saturated rings. The molecule has 0 amide bonds. The molecule has 0 radical (unpaired) electrons. The molecule has 2 aromatic rings. The van der Waals surface area contributed by atoms with Crippen molar-refractivity contribution in [2.75, 3.05) is 38.7 Å². The average molecular weight is 527 g/mol. The summed E-state index contributed by atoms with van der Waals surface area (Å²) in [5, 5.41) is 29.3. The van der Waals surface area contributed by atoms with Crippen LogP contribution in [0.1, 0.15) is 28.2 Å². The van der Waals surface area contributed by atoms with E-state index in [0.29, 0.717) is 10.2 Å². The molecule has 182 valence electrons. The van der Waals surface area contributed by atoms with E-state index in [1.54, 1.807) is 0 Å². The van der Waals surface area contributed by atoms with Crippen molar-refractivity contribution in [2.45, 2.75) is 32.3 Å². The van der Waals surface area contributed by atoms with Gasteiger partial charge < -0.3 is 21.3 Å². The number of nitrogens with zero attached hydrogens (tertiary/aromatic N) is 4. The predicted octanol–water partition coefficient (Wildman–Crippen LogP) is 2.53. The van der Waals surface area contributed by atoms with E-state index in [1.165, 1.54) is 11.1 Å². The molecule has 0 saturated carbocycles. The minimum atomic E-state index is 0.696. The van der Waals surface area contributed by atoms with Gasteiger partial charge in [-0.1, -0.05) is 0 Å². The van der Waals surface area contributed by atoms with Gasteiger partial charge in [-0.2, -0.15) is 43.9 Å². The number of hydrogen-bond donors (Lipinski definition) is 4. The van der Waals surface area contributed by atoms with Crippen molar-refractivity contribution in [2.24, 2.45) is 0 Å². The van der Waals surface area contributed by atoms with Crippen LogP contribution in [0.2, 0.25) is 0 Å². The van der Waals surface area contributed by atoms with Gasteiger partial charge in [-0.25, -0.2) is 0 Å². The normalized spacial score (nSPS) is 9.97. The molecule has 0 unspecified atom stereocenters. The molecule has 33 heavy (non-hydrogen) atoms. The fourth-order valence-corrected chi connectivity index (χ4v) is 4.27. The molecule has 2 rings (SSSR count). The number of rotatable bonds is 10. The van der Waals surface area contributed by atoms with Crippen molar-refractivity contribution in [3.8, 4) is 0 Å². The van der Waals surface area contributed by atoms with E-state index in [1.807, 2.05) is 64.6 Å². The number of aromatic nitrogens is 4. The van der Waals surface area contributed by atoms with Gasteiger partial charge in [0.25, 0.3) is 0 Å². The summed E-state index contributed by atoms with van der Waals surface area (Å²) in [7, 11) is 3.63. The number of thioether (sulfide) groups is 2. The summed E-state index contributed by atoms with van der Waals surface area (Å²) in [6, 6.07) is 4.16. The van der Waals surface area contributed by atoms with Crippen LogP contribution >= 0.6 is 48.0 Å². The van der Waals surface area contributed by atoms with Gasteiger partial charge in [0.15, 0.2) is 10.2 Å². The van der Waals surface area contributed by atoms with E-state index in [2.05, 4.69) is 53.8 Å². The molecule has 2 heterocycles. The maximum absolute atomic E-state index is 4.99. The lowest BCUT2D eigenvalue weighted by Crippen LogP contribution is -2.33. The van der Waals surface area contributed by atoms with Gasteiger partial charge in [-0.05, 0) is 68.5 Å². The Morgan fingerprint density at radius 2 is 1.39 bits per heavy atom. The Balaban J connectivity index is 0.000000331. The van der Waals surface area contributed by atoms with Crippen molar-refractivity contribution in [3.05, 3.63) is 46.5 Å². The predicted molar refractivity (Wildman–Crippen MR) is 150 cm³/mol. The Kier molecular flexibility index (Phi) is 15.7. The smallest absolute Gasteiger partial charge is 0.166 e. The first-order valence-electron chi connectivity index (χ1n) is 10.5. The molecule has 8 nitrogen and oxygen atoms in total.